The van der Waals surface area contributed by atoms with Gasteiger partial charge in [-0.15, -0.1) is 0 Å². The SMILES string of the molecule is O=C(O)c1ccccc1Nc1ccc(Cl)cc1N=Cc1ccncc1. The van der Waals surface area contributed by atoms with E-state index in [1.807, 2.05) is 12.1 Å². The number of carboxylic acids is 1. The first-order valence-corrected chi connectivity index (χ1v) is 7.84. The summed E-state index contributed by atoms with van der Waals surface area (Å²) in [5, 5.41) is 13.0. The normalized spacial score (nSPS) is 10.8. The van der Waals surface area contributed by atoms with Gasteiger partial charge in [0.15, 0.2) is 0 Å². The van der Waals surface area contributed by atoms with E-state index in [1.54, 1.807) is 61.1 Å². The highest BCUT2D eigenvalue weighted by Crippen LogP contribution is 2.32. The molecule has 124 valence electrons. The fourth-order valence-corrected chi connectivity index (χ4v) is 2.40. The molecule has 0 unspecified atom stereocenters. The Kier molecular flexibility index (Phi) is 5.06. The van der Waals surface area contributed by atoms with Crippen LogP contribution in [0.5, 0.6) is 0 Å². The van der Waals surface area contributed by atoms with E-state index in [2.05, 4.69) is 15.3 Å². The highest BCUT2D eigenvalue weighted by atomic mass is 35.5. The predicted molar refractivity (Wildman–Crippen MR) is 99.6 cm³/mol. The van der Waals surface area contributed by atoms with Gasteiger partial charge in [-0.25, -0.2) is 4.79 Å². The van der Waals surface area contributed by atoms with Crippen LogP contribution in [0.15, 0.2) is 72.0 Å². The van der Waals surface area contributed by atoms with Crippen LogP contribution in [-0.2, 0) is 0 Å². The van der Waals surface area contributed by atoms with Gasteiger partial charge in [0.25, 0.3) is 0 Å². The Hall–Kier alpha value is -3.18. The second-order valence-electron chi connectivity index (χ2n) is 5.18. The highest BCUT2D eigenvalue weighted by Gasteiger charge is 2.11. The van der Waals surface area contributed by atoms with E-state index in [9.17, 15) is 9.90 Å². The number of rotatable bonds is 5. The summed E-state index contributed by atoms with van der Waals surface area (Å²) in [5.41, 5.74) is 2.82. The lowest BCUT2D eigenvalue weighted by Crippen LogP contribution is -2.02. The fraction of sp³-hybridized carbons (Fsp3) is 0. The highest BCUT2D eigenvalue weighted by molar-refractivity contribution is 6.31. The number of nitrogens with zero attached hydrogens (tertiary/aromatic N) is 2. The lowest BCUT2D eigenvalue weighted by atomic mass is 10.1. The standard InChI is InChI=1S/C19H14ClN3O2/c20-14-5-6-17(23-16-4-2-1-3-15(16)19(24)25)18(11-14)22-12-13-7-9-21-10-8-13/h1-12,23H,(H,24,25). The summed E-state index contributed by atoms with van der Waals surface area (Å²) in [4.78, 5) is 19.8. The quantitative estimate of drug-likeness (QED) is 0.639. The minimum Gasteiger partial charge on any atom is -0.478 e. The van der Waals surface area contributed by atoms with Crippen molar-refractivity contribution in [2.24, 2.45) is 4.99 Å². The van der Waals surface area contributed by atoms with Crippen LogP contribution in [0, 0.1) is 0 Å². The first-order chi connectivity index (χ1) is 12.1. The second kappa shape index (κ2) is 7.59. The molecule has 6 heteroatoms. The molecule has 0 fully saturated rings. The van der Waals surface area contributed by atoms with Gasteiger partial charge in [0.05, 0.1) is 22.6 Å². The number of halogens is 1. The Bertz CT molecular complexity index is 927. The number of benzene rings is 2. The topological polar surface area (TPSA) is 74.6 Å². The Morgan fingerprint density at radius 2 is 1.84 bits per heavy atom. The van der Waals surface area contributed by atoms with Crippen molar-refractivity contribution in [3.63, 3.8) is 0 Å². The van der Waals surface area contributed by atoms with Crippen LogP contribution in [0.25, 0.3) is 0 Å². The number of para-hydroxylation sites is 1. The summed E-state index contributed by atoms with van der Waals surface area (Å²) in [7, 11) is 0. The Morgan fingerprint density at radius 1 is 1.08 bits per heavy atom. The van der Waals surface area contributed by atoms with Crippen molar-refractivity contribution in [3.05, 3.63) is 83.1 Å². The van der Waals surface area contributed by atoms with Crippen LogP contribution >= 0.6 is 11.6 Å². The molecular formula is C19H14ClN3O2. The second-order valence-corrected chi connectivity index (χ2v) is 5.61. The Morgan fingerprint density at radius 3 is 2.60 bits per heavy atom. The maximum atomic E-state index is 11.4. The number of aliphatic imine (C=N–C) groups is 1. The van der Waals surface area contributed by atoms with E-state index in [-0.39, 0.29) is 5.56 Å². The number of hydrogen-bond donors (Lipinski definition) is 2. The number of carboxylic acid groups (broad SMARTS) is 1. The molecule has 0 bridgehead atoms. The number of nitrogens with one attached hydrogen (secondary N) is 1. The maximum Gasteiger partial charge on any atom is 0.337 e. The summed E-state index contributed by atoms with van der Waals surface area (Å²) >= 11 is 6.08. The molecule has 0 aliphatic rings. The molecule has 3 rings (SSSR count). The molecule has 0 atom stereocenters. The summed E-state index contributed by atoms with van der Waals surface area (Å²) < 4.78 is 0. The van der Waals surface area contributed by atoms with Crippen LogP contribution in [0.1, 0.15) is 15.9 Å². The summed E-state index contributed by atoms with van der Waals surface area (Å²) in [6.07, 6.45) is 5.06. The molecule has 0 amide bonds. The van der Waals surface area contributed by atoms with Crippen molar-refractivity contribution in [1.82, 2.24) is 4.98 Å². The molecule has 0 spiro atoms. The molecule has 2 aromatic carbocycles. The molecule has 1 heterocycles. The maximum absolute atomic E-state index is 11.4. The molecule has 0 saturated carbocycles. The van der Waals surface area contributed by atoms with E-state index in [1.165, 1.54) is 0 Å². The van der Waals surface area contributed by atoms with Gasteiger partial charge in [-0.1, -0.05) is 23.7 Å². The van der Waals surface area contributed by atoms with Gasteiger partial charge in [-0.05, 0) is 48.0 Å². The Balaban J connectivity index is 1.95. The lowest BCUT2D eigenvalue weighted by molar-refractivity contribution is 0.0698. The molecule has 0 aliphatic carbocycles. The summed E-state index contributed by atoms with van der Waals surface area (Å²) in [6.45, 7) is 0. The third-order valence-corrected chi connectivity index (χ3v) is 3.68. The lowest BCUT2D eigenvalue weighted by Gasteiger charge is -2.12. The van der Waals surface area contributed by atoms with Crippen molar-refractivity contribution in [1.29, 1.82) is 0 Å². The summed E-state index contributed by atoms with van der Waals surface area (Å²) in [5.74, 6) is -1.00. The molecular weight excluding hydrogens is 338 g/mol. The average molecular weight is 352 g/mol. The number of carbonyl (C=O) groups is 1. The predicted octanol–water partition coefficient (Wildman–Crippen LogP) is 4.93. The zero-order valence-electron chi connectivity index (χ0n) is 13.1. The monoisotopic (exact) mass is 351 g/mol. The van der Waals surface area contributed by atoms with Crippen LogP contribution in [0.2, 0.25) is 5.02 Å². The van der Waals surface area contributed by atoms with Gasteiger partial charge >= 0.3 is 5.97 Å². The van der Waals surface area contributed by atoms with Gasteiger partial charge < -0.3 is 10.4 Å². The van der Waals surface area contributed by atoms with Crippen LogP contribution < -0.4 is 5.32 Å². The minimum atomic E-state index is -1.00. The first-order valence-electron chi connectivity index (χ1n) is 7.46. The number of aromatic carboxylic acids is 1. The molecule has 0 radical (unpaired) electrons. The summed E-state index contributed by atoms with van der Waals surface area (Å²) in [6, 6.07) is 15.6. The van der Waals surface area contributed by atoms with E-state index in [0.29, 0.717) is 22.1 Å². The first kappa shape index (κ1) is 16.7. The van der Waals surface area contributed by atoms with Crippen molar-refractivity contribution >= 4 is 40.8 Å². The van der Waals surface area contributed by atoms with Crippen molar-refractivity contribution < 1.29 is 9.90 Å². The molecule has 1 aromatic heterocycles. The van der Waals surface area contributed by atoms with Gasteiger partial charge in [-0.3, -0.25) is 9.98 Å². The Labute approximate surface area is 149 Å². The number of anilines is 2. The van der Waals surface area contributed by atoms with E-state index in [0.717, 1.165) is 5.56 Å². The molecule has 2 N–H and O–H groups in total. The van der Waals surface area contributed by atoms with Gasteiger partial charge in [0.2, 0.25) is 0 Å². The van der Waals surface area contributed by atoms with Crippen molar-refractivity contribution in [2.45, 2.75) is 0 Å². The number of aromatic nitrogens is 1. The van der Waals surface area contributed by atoms with Crippen molar-refractivity contribution in [2.75, 3.05) is 5.32 Å². The zero-order chi connectivity index (χ0) is 17.6. The van der Waals surface area contributed by atoms with Crippen molar-refractivity contribution in [3.8, 4) is 0 Å². The molecule has 0 aliphatic heterocycles. The van der Waals surface area contributed by atoms with E-state index >= 15 is 0 Å². The molecule has 25 heavy (non-hydrogen) atoms. The fourth-order valence-electron chi connectivity index (χ4n) is 2.23. The average Bonchev–Trinajstić information content (AvgIpc) is 2.63. The van der Waals surface area contributed by atoms with Gasteiger partial charge in [-0.2, -0.15) is 0 Å². The van der Waals surface area contributed by atoms with E-state index < -0.39 is 5.97 Å². The van der Waals surface area contributed by atoms with Crippen LogP contribution in [-0.4, -0.2) is 22.3 Å². The molecule has 5 nitrogen and oxygen atoms in total. The molecule has 0 saturated heterocycles. The smallest absolute Gasteiger partial charge is 0.337 e. The number of hydrogen-bond acceptors (Lipinski definition) is 4. The number of pyridine rings is 1. The van der Waals surface area contributed by atoms with Gasteiger partial charge in [0, 0.05) is 23.6 Å². The van der Waals surface area contributed by atoms with Crippen LogP contribution in [0.4, 0.5) is 17.1 Å². The molecule has 3 aromatic rings. The third-order valence-electron chi connectivity index (χ3n) is 3.45. The minimum absolute atomic E-state index is 0.182. The zero-order valence-corrected chi connectivity index (χ0v) is 13.8. The van der Waals surface area contributed by atoms with Gasteiger partial charge in [0.1, 0.15) is 0 Å². The largest absolute Gasteiger partial charge is 0.478 e. The van der Waals surface area contributed by atoms with E-state index in [4.69, 9.17) is 11.6 Å². The van der Waals surface area contributed by atoms with Crippen LogP contribution in [0.3, 0.4) is 0 Å². The third kappa shape index (κ3) is 4.22.